The normalized spacial score (nSPS) is 19.7. The van der Waals surface area contributed by atoms with Gasteiger partial charge in [0.25, 0.3) is 0 Å². The molecule has 2 saturated carbocycles. The van der Waals surface area contributed by atoms with Gasteiger partial charge in [-0.1, -0.05) is 30.3 Å². The van der Waals surface area contributed by atoms with Gasteiger partial charge in [0.15, 0.2) is 0 Å². The molecule has 0 heterocycles. The first-order valence-corrected chi connectivity index (χ1v) is 7.71. The average Bonchev–Trinajstić information content (AvgIpc) is 3.32. The summed E-state index contributed by atoms with van der Waals surface area (Å²) in [5, 5.41) is 3.03. The highest BCUT2D eigenvalue weighted by Gasteiger charge is 2.44. The third-order valence-electron chi connectivity index (χ3n) is 4.47. The zero-order chi connectivity index (χ0) is 13.9. The molecule has 0 saturated heterocycles. The van der Waals surface area contributed by atoms with Crippen molar-refractivity contribution in [1.29, 1.82) is 0 Å². The Labute approximate surface area is 120 Å². The zero-order valence-corrected chi connectivity index (χ0v) is 12.0. The van der Waals surface area contributed by atoms with Gasteiger partial charge in [0.05, 0.1) is 0 Å². The lowest BCUT2D eigenvalue weighted by Gasteiger charge is -2.24. The van der Waals surface area contributed by atoms with Gasteiger partial charge in [0.1, 0.15) is 6.61 Å². The molecule has 1 N–H and O–H groups in total. The lowest BCUT2D eigenvalue weighted by molar-refractivity contribution is 0.130. The molecule has 20 heavy (non-hydrogen) atoms. The maximum Gasteiger partial charge on any atom is 0.407 e. The van der Waals surface area contributed by atoms with Crippen molar-refractivity contribution in [2.45, 2.75) is 45.3 Å². The van der Waals surface area contributed by atoms with Crippen molar-refractivity contribution >= 4 is 6.09 Å². The predicted octanol–water partition coefficient (Wildman–Crippen LogP) is 3.74. The fraction of sp³-hybridized carbons (Fsp3) is 0.588. The van der Waals surface area contributed by atoms with Crippen LogP contribution in [0.4, 0.5) is 4.79 Å². The van der Waals surface area contributed by atoms with Gasteiger partial charge in [-0.25, -0.2) is 4.79 Å². The van der Waals surface area contributed by atoms with E-state index in [1.807, 2.05) is 30.3 Å². The molecule has 0 aliphatic heterocycles. The topological polar surface area (TPSA) is 38.3 Å². The highest BCUT2D eigenvalue weighted by Crippen LogP contribution is 2.50. The van der Waals surface area contributed by atoms with Crippen molar-refractivity contribution in [2.24, 2.45) is 17.8 Å². The second-order valence-corrected chi connectivity index (χ2v) is 6.25. The molecule has 2 aliphatic rings. The SMILES string of the molecule is CC(NC(=O)OCc1ccccc1)C(C1CC1)C1CC1. The van der Waals surface area contributed by atoms with E-state index in [1.54, 1.807) is 0 Å². The minimum atomic E-state index is -0.285. The molecule has 1 unspecified atom stereocenters. The Bertz CT molecular complexity index is 439. The van der Waals surface area contributed by atoms with Crippen LogP contribution in [0.2, 0.25) is 0 Å². The molecule has 2 aliphatic carbocycles. The van der Waals surface area contributed by atoms with Gasteiger partial charge in [-0.3, -0.25) is 0 Å². The van der Waals surface area contributed by atoms with Crippen LogP contribution in [0, 0.1) is 17.8 Å². The molecular weight excluding hydrogens is 250 g/mol. The smallest absolute Gasteiger partial charge is 0.407 e. The molecule has 0 bridgehead atoms. The molecule has 0 spiro atoms. The van der Waals surface area contributed by atoms with Crippen molar-refractivity contribution in [3.63, 3.8) is 0 Å². The van der Waals surface area contributed by atoms with E-state index in [4.69, 9.17) is 4.74 Å². The Morgan fingerprint density at radius 1 is 1.20 bits per heavy atom. The van der Waals surface area contributed by atoms with Crippen LogP contribution in [0.15, 0.2) is 30.3 Å². The van der Waals surface area contributed by atoms with Crippen LogP contribution in [0.3, 0.4) is 0 Å². The standard InChI is InChI=1S/C17H23NO2/c1-12(16(14-7-8-14)15-9-10-15)18-17(19)20-11-13-5-3-2-4-6-13/h2-6,12,14-16H,7-11H2,1H3,(H,18,19). The molecule has 1 amide bonds. The number of rotatable bonds is 6. The van der Waals surface area contributed by atoms with E-state index in [0.717, 1.165) is 17.4 Å². The Hall–Kier alpha value is -1.51. The van der Waals surface area contributed by atoms with Crippen molar-refractivity contribution < 1.29 is 9.53 Å². The first-order chi connectivity index (χ1) is 9.74. The minimum absolute atomic E-state index is 0.235. The number of amides is 1. The summed E-state index contributed by atoms with van der Waals surface area (Å²) in [6.45, 7) is 2.47. The maximum absolute atomic E-state index is 11.9. The molecule has 1 atom stereocenters. The number of carbonyl (C=O) groups is 1. The van der Waals surface area contributed by atoms with Gasteiger partial charge in [-0.2, -0.15) is 0 Å². The third-order valence-corrected chi connectivity index (χ3v) is 4.47. The van der Waals surface area contributed by atoms with Gasteiger partial charge >= 0.3 is 6.09 Å². The summed E-state index contributed by atoms with van der Waals surface area (Å²) in [5.41, 5.74) is 1.02. The van der Waals surface area contributed by atoms with Crippen LogP contribution in [0.1, 0.15) is 38.2 Å². The molecule has 3 rings (SSSR count). The minimum Gasteiger partial charge on any atom is -0.445 e. The van der Waals surface area contributed by atoms with Crippen LogP contribution in [-0.2, 0) is 11.3 Å². The van der Waals surface area contributed by atoms with E-state index in [0.29, 0.717) is 12.5 Å². The first-order valence-electron chi connectivity index (χ1n) is 7.71. The number of alkyl carbamates (subject to hydrolysis) is 1. The molecule has 2 fully saturated rings. The molecule has 3 nitrogen and oxygen atoms in total. The number of nitrogens with one attached hydrogen (secondary N) is 1. The van der Waals surface area contributed by atoms with E-state index in [2.05, 4.69) is 12.2 Å². The number of carbonyl (C=O) groups excluding carboxylic acids is 1. The van der Waals surface area contributed by atoms with E-state index in [1.165, 1.54) is 25.7 Å². The summed E-state index contributed by atoms with van der Waals surface area (Å²) >= 11 is 0. The maximum atomic E-state index is 11.9. The highest BCUT2D eigenvalue weighted by molar-refractivity contribution is 5.67. The number of benzene rings is 1. The summed E-state index contributed by atoms with van der Waals surface area (Å²) in [5.74, 6) is 2.35. The van der Waals surface area contributed by atoms with E-state index < -0.39 is 0 Å². The number of ether oxygens (including phenoxy) is 1. The van der Waals surface area contributed by atoms with Crippen LogP contribution in [-0.4, -0.2) is 12.1 Å². The van der Waals surface area contributed by atoms with Crippen molar-refractivity contribution in [1.82, 2.24) is 5.32 Å². The van der Waals surface area contributed by atoms with Crippen molar-refractivity contribution in [3.8, 4) is 0 Å². The first kappa shape index (κ1) is 13.5. The monoisotopic (exact) mass is 273 g/mol. The molecule has 1 aromatic carbocycles. The Morgan fingerprint density at radius 3 is 2.35 bits per heavy atom. The second kappa shape index (κ2) is 5.86. The zero-order valence-electron chi connectivity index (χ0n) is 12.0. The average molecular weight is 273 g/mol. The number of hydrogen-bond acceptors (Lipinski definition) is 2. The van der Waals surface area contributed by atoms with E-state index in [-0.39, 0.29) is 12.1 Å². The Morgan fingerprint density at radius 2 is 1.80 bits per heavy atom. The van der Waals surface area contributed by atoms with Crippen LogP contribution in [0.5, 0.6) is 0 Å². The summed E-state index contributed by atoms with van der Waals surface area (Å²) in [4.78, 5) is 11.9. The molecular formula is C17H23NO2. The fourth-order valence-corrected chi connectivity index (χ4v) is 3.21. The van der Waals surface area contributed by atoms with Gasteiger partial charge in [0.2, 0.25) is 0 Å². The molecule has 108 valence electrons. The lowest BCUT2D eigenvalue weighted by atomic mass is 9.91. The van der Waals surface area contributed by atoms with Crippen LogP contribution in [0.25, 0.3) is 0 Å². The molecule has 0 radical (unpaired) electrons. The third kappa shape index (κ3) is 3.53. The highest BCUT2D eigenvalue weighted by atomic mass is 16.5. The van der Waals surface area contributed by atoms with Gasteiger partial charge in [0, 0.05) is 6.04 Å². The largest absolute Gasteiger partial charge is 0.445 e. The van der Waals surface area contributed by atoms with Crippen LogP contribution >= 0.6 is 0 Å². The van der Waals surface area contributed by atoms with Crippen molar-refractivity contribution in [2.75, 3.05) is 0 Å². The fourth-order valence-electron chi connectivity index (χ4n) is 3.21. The second-order valence-electron chi connectivity index (χ2n) is 6.25. The van der Waals surface area contributed by atoms with Crippen molar-refractivity contribution in [3.05, 3.63) is 35.9 Å². The molecule has 0 aromatic heterocycles. The quantitative estimate of drug-likeness (QED) is 0.857. The number of hydrogen-bond donors (Lipinski definition) is 1. The Balaban J connectivity index is 1.45. The molecule has 1 aromatic rings. The van der Waals surface area contributed by atoms with E-state index >= 15 is 0 Å². The predicted molar refractivity (Wildman–Crippen MR) is 78.2 cm³/mol. The summed E-state index contributed by atoms with van der Waals surface area (Å²) in [6.07, 6.45) is 5.07. The van der Waals surface area contributed by atoms with Crippen LogP contribution < -0.4 is 5.32 Å². The summed E-state index contributed by atoms with van der Waals surface area (Å²) in [6, 6.07) is 10.0. The molecule has 3 heteroatoms. The van der Waals surface area contributed by atoms with Gasteiger partial charge < -0.3 is 10.1 Å². The van der Waals surface area contributed by atoms with E-state index in [9.17, 15) is 4.79 Å². The lowest BCUT2D eigenvalue weighted by Crippen LogP contribution is -2.40. The van der Waals surface area contributed by atoms with Gasteiger partial charge in [-0.15, -0.1) is 0 Å². The van der Waals surface area contributed by atoms with Gasteiger partial charge in [-0.05, 0) is 55.9 Å². The summed E-state index contributed by atoms with van der Waals surface area (Å²) in [7, 11) is 0. The summed E-state index contributed by atoms with van der Waals surface area (Å²) < 4.78 is 5.30. The Kier molecular flexibility index (Phi) is 3.95.